The first-order valence-electron chi connectivity index (χ1n) is 5.93. The van der Waals surface area contributed by atoms with E-state index in [2.05, 4.69) is 30.3 Å². The van der Waals surface area contributed by atoms with Gasteiger partial charge in [0.1, 0.15) is 5.78 Å². The molecule has 0 atom stereocenters. The third kappa shape index (κ3) is 2.92. The maximum atomic E-state index is 11.3. The van der Waals surface area contributed by atoms with Crippen molar-refractivity contribution in [1.29, 1.82) is 0 Å². The normalized spacial score (nSPS) is 19.6. The summed E-state index contributed by atoms with van der Waals surface area (Å²) in [6, 6.07) is 10.7. The van der Waals surface area contributed by atoms with Crippen molar-refractivity contribution in [3.05, 3.63) is 35.9 Å². The van der Waals surface area contributed by atoms with Crippen LogP contribution < -0.4 is 0 Å². The van der Waals surface area contributed by atoms with Gasteiger partial charge in [0.25, 0.3) is 0 Å². The molecule has 1 saturated carbocycles. The van der Waals surface area contributed by atoms with Gasteiger partial charge in [0.15, 0.2) is 0 Å². The van der Waals surface area contributed by atoms with E-state index in [0.29, 0.717) is 11.7 Å². The van der Waals surface area contributed by atoms with Gasteiger partial charge in [-0.25, -0.2) is 0 Å². The number of benzene rings is 1. The Balaban J connectivity index is 2.01. The van der Waals surface area contributed by atoms with E-state index in [4.69, 9.17) is 0 Å². The minimum atomic E-state index is 0.460. The summed E-state index contributed by atoms with van der Waals surface area (Å²) in [5.41, 5.74) is 1.45. The number of carbonyl (C=O) groups is 1. The van der Waals surface area contributed by atoms with Crippen molar-refractivity contribution < 1.29 is 4.79 Å². The number of hydrogen-bond acceptors (Lipinski definition) is 1. The molecule has 2 rings (SSSR count). The van der Waals surface area contributed by atoms with Gasteiger partial charge in [-0.2, -0.15) is 0 Å². The van der Waals surface area contributed by atoms with Gasteiger partial charge in [-0.1, -0.05) is 30.3 Å². The zero-order valence-corrected chi connectivity index (χ0v) is 9.11. The Morgan fingerprint density at radius 3 is 2.13 bits per heavy atom. The fourth-order valence-electron chi connectivity index (χ4n) is 2.42. The number of Topliss-reactive ketones (excluding diaryl/α,β-unsaturated/α-hetero) is 1. The molecule has 1 heteroatoms. The van der Waals surface area contributed by atoms with E-state index >= 15 is 0 Å². The Morgan fingerprint density at radius 2 is 1.53 bits per heavy atom. The van der Waals surface area contributed by atoms with E-state index in [9.17, 15) is 4.79 Å². The zero-order chi connectivity index (χ0) is 10.5. The minimum absolute atomic E-state index is 0.460. The molecular weight excluding hydrogens is 184 g/mol. The maximum absolute atomic E-state index is 11.3. The van der Waals surface area contributed by atoms with Crippen LogP contribution in [-0.4, -0.2) is 5.78 Å². The number of ketones is 1. The molecule has 0 spiro atoms. The Kier molecular flexibility index (Phi) is 3.54. The van der Waals surface area contributed by atoms with Gasteiger partial charge in [-0.05, 0) is 37.2 Å². The average molecular weight is 202 g/mol. The number of rotatable bonds is 1. The van der Waals surface area contributed by atoms with Crippen molar-refractivity contribution in [3.8, 4) is 0 Å². The molecule has 0 unspecified atom stereocenters. The molecule has 1 nitrogen and oxygen atoms in total. The highest BCUT2D eigenvalue weighted by molar-refractivity contribution is 5.78. The quantitative estimate of drug-likeness (QED) is 0.678. The molecule has 0 aliphatic heterocycles. The van der Waals surface area contributed by atoms with Crippen molar-refractivity contribution in [2.45, 2.75) is 44.4 Å². The molecule has 0 radical (unpaired) electrons. The maximum Gasteiger partial charge on any atom is 0.132 e. The lowest BCUT2D eigenvalue weighted by Crippen LogP contribution is -2.07. The summed E-state index contributed by atoms with van der Waals surface area (Å²) in [7, 11) is 0. The van der Waals surface area contributed by atoms with Crippen LogP contribution in [0.1, 0.15) is 50.0 Å². The van der Waals surface area contributed by atoms with Gasteiger partial charge >= 0.3 is 0 Å². The van der Waals surface area contributed by atoms with Crippen molar-refractivity contribution >= 4 is 5.78 Å². The second kappa shape index (κ2) is 5.11. The first kappa shape index (κ1) is 10.4. The van der Waals surface area contributed by atoms with Gasteiger partial charge in [0, 0.05) is 12.8 Å². The fraction of sp³-hybridized carbons (Fsp3) is 0.500. The molecule has 1 aromatic carbocycles. The SMILES string of the molecule is O=C1CCCC(c2ccccc2)CCC1. The van der Waals surface area contributed by atoms with Gasteiger partial charge < -0.3 is 0 Å². The molecule has 0 N–H and O–H groups in total. The Morgan fingerprint density at radius 1 is 0.933 bits per heavy atom. The lowest BCUT2D eigenvalue weighted by atomic mass is 9.86. The topological polar surface area (TPSA) is 17.1 Å². The van der Waals surface area contributed by atoms with Crippen LogP contribution in [0.5, 0.6) is 0 Å². The highest BCUT2D eigenvalue weighted by atomic mass is 16.1. The summed E-state index contributed by atoms with van der Waals surface area (Å²) >= 11 is 0. The first-order chi connectivity index (χ1) is 7.36. The lowest BCUT2D eigenvalue weighted by Gasteiger charge is -2.19. The molecule has 0 saturated heterocycles. The molecule has 80 valence electrons. The summed E-state index contributed by atoms with van der Waals surface area (Å²) in [5, 5.41) is 0. The standard InChI is InChI=1S/C14H18O/c15-14-10-4-8-13(9-5-11-14)12-6-2-1-3-7-12/h1-3,6-7,13H,4-5,8-11H2. The Hall–Kier alpha value is -1.11. The van der Waals surface area contributed by atoms with Gasteiger partial charge in [0.2, 0.25) is 0 Å². The fourth-order valence-corrected chi connectivity index (χ4v) is 2.42. The van der Waals surface area contributed by atoms with Crippen LogP contribution in [0.3, 0.4) is 0 Å². The van der Waals surface area contributed by atoms with Crippen LogP contribution in [0, 0.1) is 0 Å². The van der Waals surface area contributed by atoms with Crippen molar-refractivity contribution in [2.75, 3.05) is 0 Å². The molecule has 1 fully saturated rings. The van der Waals surface area contributed by atoms with E-state index in [1.54, 1.807) is 0 Å². The largest absolute Gasteiger partial charge is 0.300 e. The molecule has 0 amide bonds. The van der Waals surface area contributed by atoms with Crippen molar-refractivity contribution in [1.82, 2.24) is 0 Å². The van der Waals surface area contributed by atoms with Gasteiger partial charge in [0.05, 0.1) is 0 Å². The Bertz CT molecular complexity index is 303. The second-order valence-corrected chi connectivity index (χ2v) is 4.43. The van der Waals surface area contributed by atoms with Crippen LogP contribution in [0.4, 0.5) is 0 Å². The predicted octanol–water partition coefficient (Wildman–Crippen LogP) is 3.69. The van der Waals surface area contributed by atoms with E-state index in [1.165, 1.54) is 18.4 Å². The number of hydrogen-bond donors (Lipinski definition) is 0. The average Bonchev–Trinajstić information content (AvgIpc) is 2.24. The molecule has 1 aliphatic carbocycles. The van der Waals surface area contributed by atoms with E-state index in [1.807, 2.05) is 0 Å². The highest BCUT2D eigenvalue weighted by Crippen LogP contribution is 2.29. The summed E-state index contributed by atoms with van der Waals surface area (Å²) < 4.78 is 0. The first-order valence-corrected chi connectivity index (χ1v) is 5.93. The summed E-state index contributed by atoms with van der Waals surface area (Å²) in [5.74, 6) is 1.14. The molecule has 15 heavy (non-hydrogen) atoms. The second-order valence-electron chi connectivity index (χ2n) is 4.43. The van der Waals surface area contributed by atoms with E-state index in [0.717, 1.165) is 25.7 Å². The van der Waals surface area contributed by atoms with Crippen molar-refractivity contribution in [3.63, 3.8) is 0 Å². The van der Waals surface area contributed by atoms with Crippen LogP contribution in [-0.2, 0) is 4.79 Å². The van der Waals surface area contributed by atoms with Crippen LogP contribution in [0.2, 0.25) is 0 Å². The summed E-state index contributed by atoms with van der Waals surface area (Å²) in [6.45, 7) is 0. The zero-order valence-electron chi connectivity index (χ0n) is 9.11. The van der Waals surface area contributed by atoms with E-state index in [-0.39, 0.29) is 0 Å². The lowest BCUT2D eigenvalue weighted by molar-refractivity contribution is -0.119. The molecular formula is C14H18O. The van der Waals surface area contributed by atoms with Gasteiger partial charge in [-0.15, -0.1) is 0 Å². The monoisotopic (exact) mass is 202 g/mol. The smallest absolute Gasteiger partial charge is 0.132 e. The Labute approximate surface area is 91.5 Å². The summed E-state index contributed by atoms with van der Waals surface area (Å²) in [4.78, 5) is 11.3. The van der Waals surface area contributed by atoms with Crippen LogP contribution in [0.25, 0.3) is 0 Å². The van der Waals surface area contributed by atoms with Crippen LogP contribution >= 0.6 is 0 Å². The molecule has 1 aromatic rings. The van der Waals surface area contributed by atoms with E-state index < -0.39 is 0 Å². The predicted molar refractivity (Wildman–Crippen MR) is 61.9 cm³/mol. The molecule has 1 aliphatic rings. The third-order valence-electron chi connectivity index (χ3n) is 3.29. The minimum Gasteiger partial charge on any atom is -0.300 e. The number of carbonyl (C=O) groups excluding carboxylic acids is 1. The van der Waals surface area contributed by atoms with Crippen molar-refractivity contribution in [2.24, 2.45) is 0 Å². The summed E-state index contributed by atoms with van der Waals surface area (Å²) in [6.07, 6.45) is 6.08. The molecule has 0 aromatic heterocycles. The highest BCUT2D eigenvalue weighted by Gasteiger charge is 2.15. The third-order valence-corrected chi connectivity index (χ3v) is 3.29. The van der Waals surface area contributed by atoms with Crippen LogP contribution in [0.15, 0.2) is 30.3 Å². The molecule has 0 heterocycles. The molecule has 0 bridgehead atoms. The van der Waals surface area contributed by atoms with Gasteiger partial charge in [-0.3, -0.25) is 4.79 Å².